The molecular weight excluding hydrogens is 317 g/mol. The molecule has 0 saturated heterocycles. The molecule has 0 rings (SSSR count). The molecule has 0 heterocycles. The van der Waals surface area contributed by atoms with E-state index in [-0.39, 0.29) is 43.2 Å². The first kappa shape index (κ1) is 26.3. The summed E-state index contributed by atoms with van der Waals surface area (Å²) in [6.45, 7) is 2.23. The van der Waals surface area contributed by atoms with Crippen LogP contribution in [0.1, 0.15) is 91.8 Å². The van der Waals surface area contributed by atoms with E-state index >= 15 is 0 Å². The number of nitrogens with two attached hydrogens (primary N) is 1. The SMILES string of the molecule is CCCCCCCCCCCCCC(=O)C[C@@H](O)[C@H](N)C(=O)O.[H-].[Na+]. The van der Waals surface area contributed by atoms with Crippen molar-refractivity contribution in [1.82, 2.24) is 0 Å². The first-order valence-electron chi connectivity index (χ1n) is 9.17. The summed E-state index contributed by atoms with van der Waals surface area (Å²) in [4.78, 5) is 22.2. The molecular formula is C18H36NNaO4. The number of carbonyl (C=O) groups is 2. The number of hydrogen-bond donors (Lipinski definition) is 3. The van der Waals surface area contributed by atoms with Crippen molar-refractivity contribution in [2.75, 3.05) is 0 Å². The largest absolute Gasteiger partial charge is 1.00 e. The average Bonchev–Trinajstić information content (AvgIpc) is 2.51. The normalized spacial score (nSPS) is 13.1. The molecule has 0 amide bonds. The maximum atomic E-state index is 11.6. The minimum Gasteiger partial charge on any atom is -1.00 e. The minimum atomic E-state index is -1.38. The van der Waals surface area contributed by atoms with Crippen LogP contribution in [0.15, 0.2) is 0 Å². The minimum absolute atomic E-state index is 0. The van der Waals surface area contributed by atoms with Crippen LogP contribution in [0.3, 0.4) is 0 Å². The van der Waals surface area contributed by atoms with Gasteiger partial charge in [-0.05, 0) is 6.42 Å². The predicted molar refractivity (Wildman–Crippen MR) is 93.4 cm³/mol. The van der Waals surface area contributed by atoms with Gasteiger partial charge in [0.05, 0.1) is 6.10 Å². The third kappa shape index (κ3) is 15.6. The van der Waals surface area contributed by atoms with Gasteiger partial charge in [-0.15, -0.1) is 0 Å². The number of aliphatic hydroxyl groups excluding tert-OH is 1. The Labute approximate surface area is 170 Å². The molecule has 6 heteroatoms. The van der Waals surface area contributed by atoms with Crippen LogP contribution in [0.25, 0.3) is 0 Å². The second-order valence-corrected chi connectivity index (χ2v) is 6.46. The summed E-state index contributed by atoms with van der Waals surface area (Å²) in [6, 6.07) is -1.38. The van der Waals surface area contributed by atoms with Crippen molar-refractivity contribution in [2.24, 2.45) is 5.73 Å². The van der Waals surface area contributed by atoms with E-state index in [0.717, 1.165) is 19.3 Å². The van der Waals surface area contributed by atoms with E-state index in [0.29, 0.717) is 6.42 Å². The standard InChI is InChI=1S/C18H35NO4.Na.H/c1-2-3-4-5-6-7-8-9-10-11-12-13-15(20)14-16(21)17(19)18(22)23;;/h16-17,21H,2-14,19H2,1H3,(H,22,23);;/q;+1;-1/t16-,17+;;/m1../s1. The van der Waals surface area contributed by atoms with E-state index in [1.54, 1.807) is 0 Å². The first-order chi connectivity index (χ1) is 11.0. The molecule has 0 spiro atoms. The molecule has 4 N–H and O–H groups in total. The average molecular weight is 353 g/mol. The van der Waals surface area contributed by atoms with Crippen LogP contribution in [0, 0.1) is 0 Å². The molecule has 0 aliphatic heterocycles. The van der Waals surface area contributed by atoms with Gasteiger partial charge in [-0.3, -0.25) is 9.59 Å². The van der Waals surface area contributed by atoms with Gasteiger partial charge in [-0.1, -0.05) is 71.1 Å². The van der Waals surface area contributed by atoms with Gasteiger partial charge in [-0.25, -0.2) is 0 Å². The van der Waals surface area contributed by atoms with Crippen LogP contribution < -0.4 is 35.3 Å². The number of carboxylic acid groups (broad SMARTS) is 1. The molecule has 0 radical (unpaired) electrons. The maximum Gasteiger partial charge on any atom is 1.00 e. The molecule has 0 saturated carbocycles. The molecule has 0 aromatic carbocycles. The van der Waals surface area contributed by atoms with Crippen molar-refractivity contribution >= 4 is 11.8 Å². The number of carboxylic acids is 1. The van der Waals surface area contributed by atoms with E-state index in [1.165, 1.54) is 51.4 Å². The van der Waals surface area contributed by atoms with Gasteiger partial charge in [0.2, 0.25) is 0 Å². The fraction of sp³-hybridized carbons (Fsp3) is 0.889. The van der Waals surface area contributed by atoms with Crippen molar-refractivity contribution in [3.63, 3.8) is 0 Å². The Morgan fingerprint density at radius 1 is 0.917 bits per heavy atom. The van der Waals surface area contributed by atoms with Crippen LogP contribution in [-0.4, -0.2) is 34.1 Å². The summed E-state index contributed by atoms with van der Waals surface area (Å²) >= 11 is 0. The van der Waals surface area contributed by atoms with Gasteiger partial charge >= 0.3 is 35.5 Å². The van der Waals surface area contributed by atoms with Crippen LogP contribution in [0.5, 0.6) is 0 Å². The number of carbonyl (C=O) groups excluding carboxylic acids is 1. The quantitative estimate of drug-likeness (QED) is 0.278. The number of aliphatic carboxylic acids is 1. The summed E-state index contributed by atoms with van der Waals surface area (Å²) in [6.07, 6.45) is 12.4. The Hall–Kier alpha value is 0.0600. The van der Waals surface area contributed by atoms with Gasteiger partial charge in [0.15, 0.2) is 0 Å². The molecule has 2 atom stereocenters. The van der Waals surface area contributed by atoms with Gasteiger partial charge in [-0.2, -0.15) is 0 Å². The smallest absolute Gasteiger partial charge is 1.00 e. The van der Waals surface area contributed by atoms with Crippen molar-refractivity contribution in [3.05, 3.63) is 0 Å². The Morgan fingerprint density at radius 2 is 1.33 bits per heavy atom. The second-order valence-electron chi connectivity index (χ2n) is 6.46. The zero-order chi connectivity index (χ0) is 17.5. The van der Waals surface area contributed by atoms with Crippen molar-refractivity contribution in [1.29, 1.82) is 0 Å². The van der Waals surface area contributed by atoms with Crippen LogP contribution in [-0.2, 0) is 9.59 Å². The summed E-state index contributed by atoms with van der Waals surface area (Å²) in [5.41, 5.74) is 5.27. The summed E-state index contributed by atoms with van der Waals surface area (Å²) in [5.74, 6) is -1.38. The van der Waals surface area contributed by atoms with E-state index in [4.69, 9.17) is 10.8 Å². The third-order valence-electron chi connectivity index (χ3n) is 4.20. The van der Waals surface area contributed by atoms with Gasteiger partial charge in [0.1, 0.15) is 11.8 Å². The Kier molecular flexibility index (Phi) is 19.6. The Bertz CT molecular complexity index is 332. The number of hydrogen-bond acceptors (Lipinski definition) is 4. The molecule has 0 aromatic rings. The predicted octanol–water partition coefficient (Wildman–Crippen LogP) is 0.536. The van der Waals surface area contributed by atoms with Crippen molar-refractivity contribution in [3.8, 4) is 0 Å². The van der Waals surface area contributed by atoms with Crippen LogP contribution >= 0.6 is 0 Å². The number of ketones is 1. The number of unbranched alkanes of at least 4 members (excludes halogenated alkanes) is 10. The monoisotopic (exact) mass is 353 g/mol. The van der Waals surface area contributed by atoms with E-state index in [9.17, 15) is 14.7 Å². The number of Topliss-reactive ketones (excluding diaryl/α,β-unsaturated/α-hetero) is 1. The second kappa shape index (κ2) is 17.9. The number of aliphatic hydroxyl groups is 1. The maximum absolute atomic E-state index is 11.6. The van der Waals surface area contributed by atoms with E-state index in [2.05, 4.69) is 6.92 Å². The zero-order valence-corrected chi connectivity index (χ0v) is 17.6. The van der Waals surface area contributed by atoms with Crippen LogP contribution in [0.2, 0.25) is 0 Å². The number of rotatable bonds is 16. The fourth-order valence-electron chi connectivity index (χ4n) is 2.61. The van der Waals surface area contributed by atoms with Gasteiger partial charge in [0.25, 0.3) is 0 Å². The third-order valence-corrected chi connectivity index (χ3v) is 4.20. The molecule has 0 aromatic heterocycles. The zero-order valence-electron chi connectivity index (χ0n) is 16.6. The van der Waals surface area contributed by atoms with Crippen molar-refractivity contribution < 1.29 is 50.8 Å². The van der Waals surface area contributed by atoms with E-state index < -0.39 is 18.1 Å². The van der Waals surface area contributed by atoms with Gasteiger partial charge < -0.3 is 17.4 Å². The molecule has 0 aliphatic rings. The molecule has 0 aliphatic carbocycles. The first-order valence-corrected chi connectivity index (χ1v) is 9.17. The molecule has 138 valence electrons. The molecule has 0 fully saturated rings. The molecule has 5 nitrogen and oxygen atoms in total. The van der Waals surface area contributed by atoms with Crippen LogP contribution in [0.4, 0.5) is 0 Å². The topological polar surface area (TPSA) is 101 Å². The van der Waals surface area contributed by atoms with E-state index in [1.807, 2.05) is 0 Å². The summed E-state index contributed by atoms with van der Waals surface area (Å²) in [7, 11) is 0. The van der Waals surface area contributed by atoms with Gasteiger partial charge in [0, 0.05) is 12.8 Å². The van der Waals surface area contributed by atoms with Crippen molar-refractivity contribution in [2.45, 2.75) is 103 Å². The summed E-state index contributed by atoms with van der Waals surface area (Å²) in [5, 5.41) is 18.2. The summed E-state index contributed by atoms with van der Waals surface area (Å²) < 4.78 is 0. The fourth-order valence-corrected chi connectivity index (χ4v) is 2.61. The Balaban J connectivity index is -0.00000242. The molecule has 24 heavy (non-hydrogen) atoms. The Morgan fingerprint density at radius 3 is 1.75 bits per heavy atom. The molecule has 0 bridgehead atoms. The molecule has 0 unspecified atom stereocenters.